The van der Waals surface area contributed by atoms with E-state index in [2.05, 4.69) is 261 Å². The molecule has 8 aromatic rings. The molecule has 0 N–H and O–H groups in total. The van der Waals surface area contributed by atoms with Gasteiger partial charge in [-0.2, -0.15) is 0 Å². The largest absolute Gasteiger partial charge is 0.351 e. The first-order valence-corrected chi connectivity index (χ1v) is 32.5. The van der Waals surface area contributed by atoms with E-state index in [1.807, 2.05) is 135 Å². The molecule has 15 heteroatoms. The molecule has 4 atom stereocenters. The number of benzene rings is 4. The normalized spacial score (nSPS) is 15.3. The van der Waals surface area contributed by atoms with Gasteiger partial charge in [0.2, 0.25) is 0 Å². The van der Waals surface area contributed by atoms with Gasteiger partial charge in [-0.15, -0.1) is 0 Å². The number of hydrogen-bond donors (Lipinski definition) is 0. The maximum absolute atomic E-state index is 4.54. The van der Waals surface area contributed by atoms with E-state index < -0.39 is 0 Å². The van der Waals surface area contributed by atoms with E-state index in [1.54, 1.807) is 25.0 Å². The fraction of sp³-hybridized carbons (Fsp3) is 0.438. The van der Waals surface area contributed by atoms with Crippen LogP contribution in [0.1, 0.15) is 161 Å². The van der Waals surface area contributed by atoms with E-state index in [9.17, 15) is 0 Å². The topological polar surface area (TPSA) is 116 Å². The van der Waals surface area contributed by atoms with Crippen molar-refractivity contribution >= 4 is 68.9 Å². The second-order valence-electron chi connectivity index (χ2n) is 18.6. The summed E-state index contributed by atoms with van der Waals surface area (Å²) in [5, 5.41) is 0. The van der Waals surface area contributed by atoms with Crippen molar-refractivity contribution in [2.75, 3.05) is 67.4 Å². The van der Waals surface area contributed by atoms with Crippen LogP contribution in [0.4, 0.5) is 68.9 Å². The molecule has 0 saturated heterocycles. The van der Waals surface area contributed by atoms with Gasteiger partial charge in [-0.1, -0.05) is 184 Å². The molecule has 4 aromatic heterocycles. The highest BCUT2D eigenvalue weighted by molar-refractivity contribution is 5.83. The van der Waals surface area contributed by atoms with Gasteiger partial charge >= 0.3 is 0 Å². The fourth-order valence-electron chi connectivity index (χ4n) is 9.89. The molecule has 8 heterocycles. The third-order valence-corrected chi connectivity index (χ3v) is 14.4. The lowest BCUT2D eigenvalue weighted by atomic mass is 10.1. The zero-order chi connectivity index (χ0) is 66.8. The van der Waals surface area contributed by atoms with Gasteiger partial charge in [0.1, 0.15) is 48.7 Å². The Balaban J connectivity index is 0.000000544. The molecule has 4 aromatic carbocycles. The quantitative estimate of drug-likeness (QED) is 0.166. The Kier molecular flexibility index (Phi) is 36.1. The molecule has 0 bridgehead atoms. The van der Waals surface area contributed by atoms with Gasteiger partial charge in [-0.25, -0.2) is 34.9 Å². The highest BCUT2D eigenvalue weighted by atomic mass is 15.5. The molecule has 0 aliphatic carbocycles. The fourth-order valence-corrected chi connectivity index (χ4v) is 9.89. The van der Waals surface area contributed by atoms with Gasteiger partial charge in [0, 0.05) is 69.5 Å². The molecule has 480 valence electrons. The van der Waals surface area contributed by atoms with E-state index in [-0.39, 0.29) is 24.7 Å². The third-order valence-electron chi connectivity index (χ3n) is 14.4. The number of rotatable bonds is 4. The molecule has 88 heavy (non-hydrogen) atoms. The van der Waals surface area contributed by atoms with Crippen LogP contribution < -0.4 is 39.2 Å². The van der Waals surface area contributed by atoms with E-state index in [0.717, 1.165) is 40.5 Å². The number of pyridine rings is 1. The second-order valence-corrected chi connectivity index (χ2v) is 18.6. The number of anilines is 12. The number of para-hydroxylation sites is 4. The zero-order valence-electron chi connectivity index (χ0n) is 59.5. The molecule has 15 nitrogen and oxygen atoms in total. The molecule has 4 aliphatic rings. The van der Waals surface area contributed by atoms with Crippen molar-refractivity contribution in [3.8, 4) is 0 Å². The number of nitrogens with zero attached hydrogens (tertiary/aromatic N) is 15. The summed E-state index contributed by atoms with van der Waals surface area (Å²) in [6.07, 6.45) is 13.3. The van der Waals surface area contributed by atoms with Crippen LogP contribution in [0.2, 0.25) is 0 Å². The molecule has 0 fully saturated rings. The van der Waals surface area contributed by atoms with Gasteiger partial charge in [-0.3, -0.25) is 0 Å². The van der Waals surface area contributed by atoms with Gasteiger partial charge in [0.05, 0.1) is 18.1 Å². The lowest BCUT2D eigenvalue weighted by molar-refractivity contribution is 0.726. The summed E-state index contributed by atoms with van der Waals surface area (Å²) < 4.78 is 0. The molecule has 4 aliphatic heterocycles. The molecule has 0 amide bonds. The van der Waals surface area contributed by atoms with Crippen molar-refractivity contribution in [1.29, 1.82) is 0 Å². The third kappa shape index (κ3) is 17.9. The monoisotopic (exact) mass is 1200 g/mol. The van der Waals surface area contributed by atoms with Crippen molar-refractivity contribution in [2.45, 2.75) is 191 Å². The van der Waals surface area contributed by atoms with Crippen molar-refractivity contribution < 1.29 is 0 Å². The summed E-state index contributed by atoms with van der Waals surface area (Å²) in [4.78, 5) is 48.3. The van der Waals surface area contributed by atoms with E-state index in [4.69, 9.17) is 0 Å². The first-order chi connectivity index (χ1) is 42.8. The van der Waals surface area contributed by atoms with Crippen molar-refractivity contribution in [1.82, 2.24) is 34.9 Å². The standard InChI is InChI=1S/C15H17N3.3C14H16N4.8C2H6/c1-11-7-4-5-8-13(11)18-12(2)17(3)14-9-6-10-16-15(14)18;1-10-6-4-5-7-12(10)18-11(2)17(3)14-13(18)8-15-9-16-14;1-10-6-4-5-7-12(10)18-11(2)17(3)13-8-15-9-16-14(13)18;1-10-6-4-5-7-12(10)18-11(2)17(3)13-14(18)16-9-8-15-13;8*1-2/h4-10,12H,1-3H3;3*4-9,11H,1-3H3;8*1-2H3/t12-;3*11-;;;;;;;;/m0000......../s1. The summed E-state index contributed by atoms with van der Waals surface area (Å²) in [5.74, 6) is 4.88. The highest BCUT2D eigenvalue weighted by Gasteiger charge is 2.37. The van der Waals surface area contributed by atoms with Crippen LogP contribution in [-0.4, -0.2) is 87.7 Å². The summed E-state index contributed by atoms with van der Waals surface area (Å²) in [6.45, 7) is 49.2. The van der Waals surface area contributed by atoms with Crippen molar-refractivity contribution in [2.24, 2.45) is 0 Å². The minimum atomic E-state index is 0.225. The Morgan fingerprint density at radius 1 is 0.261 bits per heavy atom. The van der Waals surface area contributed by atoms with Gasteiger partial charge in [0.15, 0.2) is 29.1 Å². The molecule has 12 rings (SSSR count). The van der Waals surface area contributed by atoms with Crippen LogP contribution in [0.25, 0.3) is 0 Å². The van der Waals surface area contributed by atoms with Gasteiger partial charge < -0.3 is 39.2 Å². The van der Waals surface area contributed by atoms with Crippen LogP contribution in [0, 0.1) is 27.7 Å². The number of hydrogen-bond acceptors (Lipinski definition) is 15. The Hall–Kier alpha value is -8.33. The average Bonchev–Trinajstić information content (AvgIpc) is 2.26. The lowest BCUT2D eigenvalue weighted by Gasteiger charge is -2.28. The summed E-state index contributed by atoms with van der Waals surface area (Å²) >= 11 is 0. The van der Waals surface area contributed by atoms with E-state index >= 15 is 0 Å². The predicted octanol–water partition coefficient (Wildman–Crippen LogP) is 19.7. The first-order valence-electron chi connectivity index (χ1n) is 32.5. The van der Waals surface area contributed by atoms with E-state index in [1.165, 1.54) is 50.7 Å². The predicted molar refractivity (Wildman–Crippen MR) is 386 cm³/mol. The Labute approximate surface area is 534 Å². The molecule has 0 spiro atoms. The zero-order valence-corrected chi connectivity index (χ0v) is 59.5. The molecule has 0 unspecified atom stereocenters. The Bertz CT molecular complexity index is 2750. The van der Waals surface area contributed by atoms with Crippen LogP contribution in [0.15, 0.2) is 153 Å². The minimum Gasteiger partial charge on any atom is -0.351 e. The average molecular weight is 1200 g/mol. The highest BCUT2D eigenvalue weighted by Crippen LogP contribution is 2.45. The SMILES string of the molecule is CC.CC.CC.CC.CC.CC.CC.CC.Cc1ccccc1N1c2cncnc2N(C)[C@@H]1C.Cc1ccccc1N1c2ncccc2N(C)[C@@H]1C.Cc1ccccc1N1c2nccnc2N(C)[C@@H]1C.Cc1ccccc1N1c2ncncc2N(C)[C@@H]1C. The number of aryl methyl sites for hydroxylation is 4. The second kappa shape index (κ2) is 40.9. The summed E-state index contributed by atoms with van der Waals surface area (Å²) in [6, 6.07) is 37.7. The summed E-state index contributed by atoms with van der Waals surface area (Å²) in [5.41, 5.74) is 13.2. The van der Waals surface area contributed by atoms with Crippen LogP contribution >= 0.6 is 0 Å². The Morgan fingerprint density at radius 2 is 0.545 bits per heavy atom. The molecule has 0 saturated carbocycles. The Morgan fingerprint density at radius 3 is 0.966 bits per heavy atom. The summed E-state index contributed by atoms with van der Waals surface area (Å²) in [7, 11) is 8.31. The lowest BCUT2D eigenvalue weighted by Crippen LogP contribution is -2.36. The van der Waals surface area contributed by atoms with E-state index in [0.29, 0.717) is 0 Å². The molecule has 0 radical (unpaired) electrons. The van der Waals surface area contributed by atoms with Crippen LogP contribution in [0.3, 0.4) is 0 Å². The maximum atomic E-state index is 4.54. The van der Waals surface area contributed by atoms with Gasteiger partial charge in [-0.05, 0) is 114 Å². The number of aromatic nitrogens is 7. The first kappa shape index (κ1) is 77.7. The minimum absolute atomic E-state index is 0.225. The van der Waals surface area contributed by atoms with Crippen LogP contribution in [-0.2, 0) is 0 Å². The maximum Gasteiger partial charge on any atom is 0.178 e. The van der Waals surface area contributed by atoms with Crippen LogP contribution in [0.5, 0.6) is 0 Å². The van der Waals surface area contributed by atoms with Gasteiger partial charge in [0.25, 0.3) is 0 Å². The molecular weight excluding hydrogens is 1090 g/mol. The van der Waals surface area contributed by atoms with Crippen molar-refractivity contribution in [3.05, 3.63) is 175 Å². The smallest absolute Gasteiger partial charge is 0.178 e. The van der Waals surface area contributed by atoms with Crippen molar-refractivity contribution in [3.63, 3.8) is 0 Å². The molecular formula is C73H113N15. The number of fused-ring (bicyclic) bond motifs is 4.